The van der Waals surface area contributed by atoms with Crippen LogP contribution in [0.5, 0.6) is 5.75 Å². The highest BCUT2D eigenvalue weighted by atomic mass is 16.5. The van der Waals surface area contributed by atoms with Crippen molar-refractivity contribution in [2.24, 2.45) is 0 Å². The Morgan fingerprint density at radius 3 is 2.13 bits per heavy atom. The largest absolute Gasteiger partial charge is 0.497 e. The number of piperidine rings is 1. The molecule has 1 fully saturated rings. The Balaban J connectivity index is 1.76. The van der Waals surface area contributed by atoms with Crippen molar-refractivity contribution in [2.75, 3.05) is 39.2 Å². The average molecular weight is 420 g/mol. The van der Waals surface area contributed by atoms with Crippen LogP contribution in [0.15, 0.2) is 54.2 Å². The molecule has 2 aromatic carbocycles. The summed E-state index contributed by atoms with van der Waals surface area (Å²) in [7, 11) is 5.65. The fourth-order valence-electron chi connectivity index (χ4n) is 4.36. The van der Waals surface area contributed by atoms with Crippen LogP contribution in [-0.4, -0.2) is 62.0 Å². The highest BCUT2D eigenvalue weighted by Crippen LogP contribution is 2.36. The zero-order valence-electron chi connectivity index (χ0n) is 18.6. The zero-order valence-corrected chi connectivity index (χ0v) is 18.6. The number of anilines is 1. The van der Waals surface area contributed by atoms with E-state index >= 15 is 0 Å². The van der Waals surface area contributed by atoms with Crippen molar-refractivity contribution < 1.29 is 14.3 Å². The van der Waals surface area contributed by atoms with Gasteiger partial charge in [0.2, 0.25) is 0 Å². The molecule has 1 saturated heterocycles. The SMILES string of the molecule is COc1ccc(N2C(=O)C(c3ccc(C)cc3)=C(N(C)C3CCN(C)CC3)C2=O)cc1. The minimum absolute atomic E-state index is 0.221. The van der Waals surface area contributed by atoms with Crippen molar-refractivity contribution in [2.45, 2.75) is 25.8 Å². The minimum atomic E-state index is -0.284. The lowest BCUT2D eigenvalue weighted by Crippen LogP contribution is -2.43. The summed E-state index contributed by atoms with van der Waals surface area (Å²) in [6.07, 6.45) is 1.92. The smallest absolute Gasteiger partial charge is 0.282 e. The maximum atomic E-state index is 13.6. The monoisotopic (exact) mass is 419 g/mol. The van der Waals surface area contributed by atoms with Gasteiger partial charge in [-0.2, -0.15) is 0 Å². The van der Waals surface area contributed by atoms with Gasteiger partial charge < -0.3 is 14.5 Å². The molecule has 2 aromatic rings. The van der Waals surface area contributed by atoms with Gasteiger partial charge in [0.1, 0.15) is 11.4 Å². The molecule has 0 bridgehead atoms. The first-order valence-electron chi connectivity index (χ1n) is 10.7. The molecule has 162 valence electrons. The molecule has 4 rings (SSSR count). The van der Waals surface area contributed by atoms with Gasteiger partial charge in [0.25, 0.3) is 11.8 Å². The molecule has 6 nitrogen and oxygen atoms in total. The van der Waals surface area contributed by atoms with E-state index in [1.807, 2.05) is 43.1 Å². The molecule has 0 spiro atoms. The number of rotatable bonds is 5. The van der Waals surface area contributed by atoms with Crippen molar-refractivity contribution in [1.29, 1.82) is 0 Å². The average Bonchev–Trinajstić information content (AvgIpc) is 3.04. The van der Waals surface area contributed by atoms with Crippen LogP contribution >= 0.6 is 0 Å². The van der Waals surface area contributed by atoms with Gasteiger partial charge in [-0.1, -0.05) is 29.8 Å². The van der Waals surface area contributed by atoms with Gasteiger partial charge >= 0.3 is 0 Å². The highest BCUT2D eigenvalue weighted by molar-refractivity contribution is 6.45. The third-order valence-corrected chi connectivity index (χ3v) is 6.32. The van der Waals surface area contributed by atoms with Crippen molar-refractivity contribution in [3.05, 3.63) is 65.4 Å². The first kappa shape index (κ1) is 21.1. The van der Waals surface area contributed by atoms with Gasteiger partial charge in [-0.05, 0) is 69.7 Å². The Morgan fingerprint density at radius 2 is 1.55 bits per heavy atom. The van der Waals surface area contributed by atoms with Crippen LogP contribution < -0.4 is 9.64 Å². The Morgan fingerprint density at radius 1 is 0.935 bits per heavy atom. The van der Waals surface area contributed by atoms with E-state index in [4.69, 9.17) is 4.74 Å². The van der Waals surface area contributed by atoms with Crippen molar-refractivity contribution in [1.82, 2.24) is 9.80 Å². The lowest BCUT2D eigenvalue weighted by Gasteiger charge is -2.36. The second-order valence-corrected chi connectivity index (χ2v) is 8.38. The second-order valence-electron chi connectivity index (χ2n) is 8.38. The van der Waals surface area contributed by atoms with E-state index in [0.29, 0.717) is 22.7 Å². The summed E-state index contributed by atoms with van der Waals surface area (Å²) in [5.74, 6) is 0.124. The van der Waals surface area contributed by atoms with E-state index in [1.165, 1.54) is 4.90 Å². The van der Waals surface area contributed by atoms with E-state index in [-0.39, 0.29) is 17.9 Å². The number of carbonyl (C=O) groups is 2. The van der Waals surface area contributed by atoms with Crippen LogP contribution in [0.25, 0.3) is 5.57 Å². The number of benzene rings is 2. The lowest BCUT2D eigenvalue weighted by atomic mass is 9.99. The third kappa shape index (κ3) is 3.95. The van der Waals surface area contributed by atoms with Gasteiger partial charge in [0.15, 0.2) is 0 Å². The normalized spacial score (nSPS) is 18.1. The van der Waals surface area contributed by atoms with E-state index in [1.54, 1.807) is 31.4 Å². The number of hydrogen-bond acceptors (Lipinski definition) is 5. The molecule has 31 heavy (non-hydrogen) atoms. The van der Waals surface area contributed by atoms with Crippen molar-refractivity contribution >= 4 is 23.1 Å². The van der Waals surface area contributed by atoms with Crippen molar-refractivity contribution in [3.8, 4) is 5.75 Å². The molecule has 0 N–H and O–H groups in total. The fraction of sp³-hybridized carbons (Fsp3) is 0.360. The maximum Gasteiger partial charge on any atom is 0.282 e. The number of hydrogen-bond donors (Lipinski definition) is 0. The first-order valence-corrected chi connectivity index (χ1v) is 10.7. The molecular weight excluding hydrogens is 390 g/mol. The minimum Gasteiger partial charge on any atom is -0.497 e. The number of imide groups is 1. The van der Waals surface area contributed by atoms with E-state index < -0.39 is 0 Å². The third-order valence-electron chi connectivity index (χ3n) is 6.32. The maximum absolute atomic E-state index is 13.6. The number of nitrogens with zero attached hydrogens (tertiary/aromatic N) is 3. The van der Waals surface area contributed by atoms with Crippen LogP contribution in [0.1, 0.15) is 24.0 Å². The quantitative estimate of drug-likeness (QED) is 0.696. The summed E-state index contributed by atoms with van der Waals surface area (Å²) >= 11 is 0. The molecule has 0 saturated carbocycles. The number of methoxy groups -OCH3 is 1. The second kappa shape index (κ2) is 8.55. The topological polar surface area (TPSA) is 53.1 Å². The Kier molecular flexibility index (Phi) is 5.83. The zero-order chi connectivity index (χ0) is 22.1. The van der Waals surface area contributed by atoms with Crippen LogP contribution in [0.3, 0.4) is 0 Å². The summed E-state index contributed by atoms with van der Waals surface area (Å²) < 4.78 is 5.22. The molecular formula is C25H29N3O3. The van der Waals surface area contributed by atoms with Gasteiger partial charge in [0, 0.05) is 13.1 Å². The molecule has 6 heteroatoms. The molecule has 0 unspecified atom stereocenters. The summed E-state index contributed by atoms with van der Waals surface area (Å²) in [5.41, 5.74) is 3.39. The summed E-state index contributed by atoms with van der Waals surface area (Å²) in [4.78, 5) is 32.8. The van der Waals surface area contributed by atoms with Crippen LogP contribution in [0.2, 0.25) is 0 Å². The van der Waals surface area contributed by atoms with Gasteiger partial charge in [-0.15, -0.1) is 0 Å². The Labute approximate surface area is 183 Å². The molecule has 0 aliphatic carbocycles. The molecule has 2 amide bonds. The Hall–Kier alpha value is -3.12. The highest BCUT2D eigenvalue weighted by Gasteiger charge is 2.43. The number of likely N-dealkylation sites (N-methyl/N-ethyl adjacent to an activating group) is 1. The first-order chi connectivity index (χ1) is 14.9. The summed E-state index contributed by atoms with van der Waals surface area (Å²) in [6, 6.07) is 15.1. The summed E-state index contributed by atoms with van der Waals surface area (Å²) in [6.45, 7) is 3.97. The van der Waals surface area contributed by atoms with E-state index in [0.717, 1.165) is 37.1 Å². The van der Waals surface area contributed by atoms with E-state index in [2.05, 4.69) is 11.9 Å². The van der Waals surface area contributed by atoms with Gasteiger partial charge in [-0.3, -0.25) is 9.59 Å². The summed E-state index contributed by atoms with van der Waals surface area (Å²) in [5, 5.41) is 0. The number of aryl methyl sites for hydroxylation is 1. The van der Waals surface area contributed by atoms with Gasteiger partial charge in [0.05, 0.1) is 18.4 Å². The number of carbonyl (C=O) groups excluding carboxylic acids is 2. The predicted molar refractivity (Wildman–Crippen MR) is 122 cm³/mol. The molecule has 2 heterocycles. The number of likely N-dealkylation sites (tertiary alicyclic amines) is 1. The number of ether oxygens (including phenoxy) is 1. The fourth-order valence-corrected chi connectivity index (χ4v) is 4.36. The lowest BCUT2D eigenvalue weighted by molar-refractivity contribution is -0.120. The molecule has 2 aliphatic rings. The van der Waals surface area contributed by atoms with Crippen LogP contribution in [0.4, 0.5) is 5.69 Å². The van der Waals surface area contributed by atoms with E-state index in [9.17, 15) is 9.59 Å². The molecule has 0 radical (unpaired) electrons. The van der Waals surface area contributed by atoms with Crippen molar-refractivity contribution in [3.63, 3.8) is 0 Å². The molecule has 0 aromatic heterocycles. The Bertz CT molecular complexity index is 1000. The number of amides is 2. The molecule has 0 atom stereocenters. The standard InChI is InChI=1S/C25H29N3O3/c1-17-5-7-18(8-6-17)22-23(27(3)19-13-15-26(2)16-14-19)25(30)28(24(22)29)20-9-11-21(31-4)12-10-20/h5-12,19H,13-16H2,1-4H3. The predicted octanol–water partition coefficient (Wildman–Crippen LogP) is 3.31. The van der Waals surface area contributed by atoms with Gasteiger partial charge in [-0.25, -0.2) is 4.90 Å². The van der Waals surface area contributed by atoms with Crippen LogP contribution in [-0.2, 0) is 9.59 Å². The molecule has 2 aliphatic heterocycles. The van der Waals surface area contributed by atoms with Crippen LogP contribution in [0, 0.1) is 6.92 Å².